The first kappa shape index (κ1) is 22.3. The third kappa shape index (κ3) is 6.30. The van der Waals surface area contributed by atoms with Crippen LogP contribution < -0.4 is 10.6 Å². The highest BCUT2D eigenvalue weighted by Gasteiger charge is 2.21. The summed E-state index contributed by atoms with van der Waals surface area (Å²) >= 11 is 1.62. The van der Waals surface area contributed by atoms with Crippen molar-refractivity contribution in [3.8, 4) is 17.2 Å². The van der Waals surface area contributed by atoms with Gasteiger partial charge in [-0.2, -0.15) is 5.26 Å². The largest absolute Gasteiger partial charge is 0.379 e. The summed E-state index contributed by atoms with van der Waals surface area (Å²) < 4.78 is 5.42. The molecule has 1 aliphatic heterocycles. The van der Waals surface area contributed by atoms with Gasteiger partial charge in [0, 0.05) is 36.0 Å². The van der Waals surface area contributed by atoms with Crippen LogP contribution in [0.5, 0.6) is 0 Å². The van der Waals surface area contributed by atoms with Crippen molar-refractivity contribution in [3.63, 3.8) is 0 Å². The second-order valence-electron chi connectivity index (χ2n) is 7.99. The summed E-state index contributed by atoms with van der Waals surface area (Å²) in [5, 5.41) is 19.0. The van der Waals surface area contributed by atoms with Crippen LogP contribution >= 0.6 is 11.3 Å². The van der Waals surface area contributed by atoms with Crippen LogP contribution in [0.4, 0.5) is 5.69 Å². The van der Waals surface area contributed by atoms with Crippen molar-refractivity contribution in [2.75, 3.05) is 38.2 Å². The van der Waals surface area contributed by atoms with E-state index < -0.39 is 0 Å². The number of thiophene rings is 1. The summed E-state index contributed by atoms with van der Waals surface area (Å²) in [6, 6.07) is 10.3. The number of ether oxygens (including phenoxy) is 1. The fourth-order valence-corrected chi connectivity index (χ4v) is 4.38. The second kappa shape index (κ2) is 11.1. The van der Waals surface area contributed by atoms with Crippen LogP contribution in [0.1, 0.15) is 25.8 Å². The number of nitriles is 1. The van der Waals surface area contributed by atoms with E-state index in [9.17, 15) is 4.79 Å². The third-order valence-electron chi connectivity index (χ3n) is 5.13. The van der Waals surface area contributed by atoms with Crippen LogP contribution in [0.15, 0.2) is 35.0 Å². The van der Waals surface area contributed by atoms with E-state index in [0.717, 1.165) is 49.7 Å². The Hall–Kier alpha value is -2.40. The van der Waals surface area contributed by atoms with Crippen molar-refractivity contribution in [2.24, 2.45) is 5.92 Å². The van der Waals surface area contributed by atoms with E-state index in [-0.39, 0.29) is 18.5 Å². The van der Waals surface area contributed by atoms with Crippen molar-refractivity contribution >= 4 is 22.9 Å². The third-order valence-corrected chi connectivity index (χ3v) is 5.88. The first-order valence-electron chi connectivity index (χ1n) is 10.4. The van der Waals surface area contributed by atoms with Crippen LogP contribution in [0.25, 0.3) is 11.1 Å². The monoisotopic (exact) mass is 426 g/mol. The molecule has 0 radical (unpaired) electrons. The van der Waals surface area contributed by atoms with Crippen LogP contribution in [-0.2, 0) is 16.1 Å². The summed E-state index contributed by atoms with van der Waals surface area (Å²) in [7, 11) is 0. The quantitative estimate of drug-likeness (QED) is 0.598. The Morgan fingerprint density at radius 1 is 1.23 bits per heavy atom. The number of morpholine rings is 1. The predicted octanol–water partition coefficient (Wildman–Crippen LogP) is 3.71. The maximum absolute atomic E-state index is 12.5. The molecule has 0 unspecified atom stereocenters. The molecule has 3 rings (SSSR count). The summed E-state index contributed by atoms with van der Waals surface area (Å²) in [5.74, 6) is 0.222. The van der Waals surface area contributed by atoms with Crippen LogP contribution in [0.3, 0.4) is 0 Å². The molecule has 6 nitrogen and oxygen atoms in total. The fourth-order valence-electron chi connectivity index (χ4n) is 3.58. The molecule has 30 heavy (non-hydrogen) atoms. The smallest absolute Gasteiger partial charge is 0.243 e. The highest BCUT2D eigenvalue weighted by molar-refractivity contribution is 7.08. The van der Waals surface area contributed by atoms with Crippen molar-refractivity contribution in [1.29, 1.82) is 5.26 Å². The molecule has 0 aliphatic carbocycles. The zero-order valence-corrected chi connectivity index (χ0v) is 18.5. The van der Waals surface area contributed by atoms with Gasteiger partial charge in [0.15, 0.2) is 0 Å². The predicted molar refractivity (Wildman–Crippen MR) is 121 cm³/mol. The molecule has 2 heterocycles. The molecule has 1 atom stereocenters. The van der Waals surface area contributed by atoms with Gasteiger partial charge >= 0.3 is 0 Å². The lowest BCUT2D eigenvalue weighted by atomic mass is 10.0. The molecule has 0 bridgehead atoms. The van der Waals surface area contributed by atoms with Gasteiger partial charge in [-0.1, -0.05) is 38.1 Å². The Balaban J connectivity index is 1.70. The lowest BCUT2D eigenvalue weighted by molar-refractivity contribution is -0.121. The molecular formula is C23H30N4O2S. The maximum atomic E-state index is 12.5. The van der Waals surface area contributed by atoms with E-state index in [1.54, 1.807) is 11.3 Å². The summed E-state index contributed by atoms with van der Waals surface area (Å²) in [4.78, 5) is 14.9. The number of rotatable bonds is 9. The average molecular weight is 427 g/mol. The SMILES string of the molecule is CC(C)C[C@H](Nc1cscc1-c1ccc(CN2CCOCC2)cc1)C(=O)NCC#N. The number of nitrogens with zero attached hydrogens (tertiary/aromatic N) is 2. The molecule has 1 saturated heterocycles. The number of carbonyl (C=O) groups excluding carboxylic acids is 1. The van der Waals surface area contributed by atoms with E-state index in [4.69, 9.17) is 10.00 Å². The highest BCUT2D eigenvalue weighted by atomic mass is 32.1. The van der Waals surface area contributed by atoms with Gasteiger partial charge in [-0.05, 0) is 23.5 Å². The van der Waals surface area contributed by atoms with Crippen molar-refractivity contribution < 1.29 is 9.53 Å². The topological polar surface area (TPSA) is 77.4 Å². The second-order valence-corrected chi connectivity index (χ2v) is 8.73. The van der Waals surface area contributed by atoms with E-state index in [0.29, 0.717) is 12.3 Å². The van der Waals surface area contributed by atoms with Gasteiger partial charge in [0.1, 0.15) is 12.6 Å². The van der Waals surface area contributed by atoms with Crippen molar-refractivity contribution in [2.45, 2.75) is 32.9 Å². The number of amides is 1. The molecule has 2 N–H and O–H groups in total. The minimum absolute atomic E-state index is 0.0240. The zero-order valence-electron chi connectivity index (χ0n) is 17.7. The first-order valence-corrected chi connectivity index (χ1v) is 11.4. The number of carbonyl (C=O) groups is 1. The average Bonchev–Trinajstić information content (AvgIpc) is 3.20. The summed E-state index contributed by atoms with van der Waals surface area (Å²) in [6.07, 6.45) is 0.699. The van der Waals surface area contributed by atoms with Gasteiger partial charge in [-0.15, -0.1) is 11.3 Å². The fraction of sp³-hybridized carbons (Fsp3) is 0.478. The van der Waals surface area contributed by atoms with E-state index in [2.05, 4.69) is 59.0 Å². The Kier molecular flexibility index (Phi) is 8.26. The van der Waals surface area contributed by atoms with E-state index in [1.807, 2.05) is 11.4 Å². The zero-order chi connectivity index (χ0) is 21.3. The van der Waals surface area contributed by atoms with Gasteiger partial charge in [0.25, 0.3) is 0 Å². The number of hydrogen-bond donors (Lipinski definition) is 2. The number of hydrogen-bond acceptors (Lipinski definition) is 6. The van der Waals surface area contributed by atoms with Crippen LogP contribution in [0, 0.1) is 17.2 Å². The maximum Gasteiger partial charge on any atom is 0.243 e. The number of benzene rings is 1. The lowest BCUT2D eigenvalue weighted by Gasteiger charge is -2.26. The molecule has 160 valence electrons. The normalized spacial score (nSPS) is 15.5. The molecule has 1 aromatic carbocycles. The van der Waals surface area contributed by atoms with Gasteiger partial charge in [-0.3, -0.25) is 9.69 Å². The minimum atomic E-state index is -0.368. The van der Waals surface area contributed by atoms with Crippen molar-refractivity contribution in [1.82, 2.24) is 10.2 Å². The minimum Gasteiger partial charge on any atom is -0.379 e. The number of anilines is 1. The van der Waals surface area contributed by atoms with E-state index >= 15 is 0 Å². The summed E-state index contributed by atoms with van der Waals surface area (Å²) in [6.45, 7) is 8.71. The van der Waals surface area contributed by atoms with E-state index in [1.165, 1.54) is 5.56 Å². The Labute approximate surface area is 182 Å². The van der Waals surface area contributed by atoms with Gasteiger partial charge in [0.2, 0.25) is 5.91 Å². The summed E-state index contributed by atoms with van der Waals surface area (Å²) in [5.41, 5.74) is 4.47. The molecule has 0 saturated carbocycles. The van der Waals surface area contributed by atoms with Crippen LogP contribution in [0.2, 0.25) is 0 Å². The molecule has 1 fully saturated rings. The highest BCUT2D eigenvalue weighted by Crippen LogP contribution is 2.33. The molecule has 1 aliphatic rings. The molecule has 2 aromatic rings. The van der Waals surface area contributed by atoms with Gasteiger partial charge in [0.05, 0.1) is 25.0 Å². The molecule has 0 spiro atoms. The standard InChI is InChI=1S/C23H30N4O2S/c1-17(2)13-21(23(28)25-8-7-24)26-22-16-30-15-20(22)19-5-3-18(4-6-19)14-27-9-11-29-12-10-27/h3-6,15-17,21,26H,8-14H2,1-2H3,(H,25,28)/t21-/m0/s1. The lowest BCUT2D eigenvalue weighted by Crippen LogP contribution is -2.40. The Bertz CT molecular complexity index is 851. The van der Waals surface area contributed by atoms with Gasteiger partial charge < -0.3 is 15.4 Å². The first-order chi connectivity index (χ1) is 14.6. The molecule has 7 heteroatoms. The van der Waals surface area contributed by atoms with Crippen molar-refractivity contribution in [3.05, 3.63) is 40.6 Å². The Morgan fingerprint density at radius 3 is 2.63 bits per heavy atom. The van der Waals surface area contributed by atoms with Crippen LogP contribution in [-0.4, -0.2) is 49.7 Å². The molecular weight excluding hydrogens is 396 g/mol. The van der Waals surface area contributed by atoms with Gasteiger partial charge in [-0.25, -0.2) is 0 Å². The number of nitrogens with one attached hydrogen (secondary N) is 2. The molecule has 1 amide bonds. The molecule has 1 aromatic heterocycles. The Morgan fingerprint density at radius 2 is 1.97 bits per heavy atom.